The number of hydrogen-bond donors (Lipinski definition) is 0. The maximum absolute atomic E-state index is 11.4. The van der Waals surface area contributed by atoms with Gasteiger partial charge in [0, 0.05) is 39.5 Å². The molecule has 0 aromatic heterocycles. The van der Waals surface area contributed by atoms with Crippen molar-refractivity contribution in [3.63, 3.8) is 0 Å². The molecule has 13 heavy (non-hydrogen) atoms. The van der Waals surface area contributed by atoms with E-state index in [4.69, 9.17) is 0 Å². The average molecular weight is 184 g/mol. The summed E-state index contributed by atoms with van der Waals surface area (Å²) in [5.41, 5.74) is 0. The van der Waals surface area contributed by atoms with Gasteiger partial charge in [0.15, 0.2) is 0 Å². The van der Waals surface area contributed by atoms with E-state index >= 15 is 0 Å². The first-order valence-corrected chi connectivity index (χ1v) is 4.52. The van der Waals surface area contributed by atoms with E-state index < -0.39 is 0 Å². The molecule has 0 bridgehead atoms. The normalized spacial score (nSPS) is 25.9. The van der Waals surface area contributed by atoms with Crippen LogP contribution in [-0.2, 0) is 9.59 Å². The lowest BCUT2D eigenvalue weighted by Crippen LogP contribution is -2.44. The van der Waals surface area contributed by atoms with Crippen LogP contribution in [0.3, 0.4) is 0 Å². The summed E-state index contributed by atoms with van der Waals surface area (Å²) >= 11 is 0. The molecule has 1 unspecified atom stereocenters. The Morgan fingerprint density at radius 3 is 2.46 bits per heavy atom. The van der Waals surface area contributed by atoms with E-state index in [-0.39, 0.29) is 17.9 Å². The minimum absolute atomic E-state index is 0.0164. The second-order valence-corrected chi connectivity index (χ2v) is 3.62. The van der Waals surface area contributed by atoms with Crippen LogP contribution in [0.2, 0.25) is 0 Å². The Labute approximate surface area is 78.5 Å². The molecular formula is C9H16N2O2. The van der Waals surface area contributed by atoms with Crippen molar-refractivity contribution in [2.45, 2.75) is 25.8 Å². The molecule has 1 heterocycles. The standard InChI is InChI=1S/C9H16N2O2/c1-7-6-9(13)10(2)5-4-8(12)11(7)3/h7H,4-6H2,1-3H3. The van der Waals surface area contributed by atoms with E-state index in [0.29, 0.717) is 19.4 Å². The summed E-state index contributed by atoms with van der Waals surface area (Å²) in [6.07, 6.45) is 0.863. The lowest BCUT2D eigenvalue weighted by molar-refractivity contribution is -0.139. The van der Waals surface area contributed by atoms with Crippen LogP contribution in [0.5, 0.6) is 0 Å². The summed E-state index contributed by atoms with van der Waals surface area (Å²) < 4.78 is 0. The van der Waals surface area contributed by atoms with Gasteiger partial charge in [-0.3, -0.25) is 9.59 Å². The van der Waals surface area contributed by atoms with E-state index in [0.717, 1.165) is 0 Å². The Morgan fingerprint density at radius 1 is 1.23 bits per heavy atom. The summed E-state index contributed by atoms with van der Waals surface area (Å²) in [5.74, 6) is 0.235. The highest BCUT2D eigenvalue weighted by atomic mass is 16.2. The molecule has 1 atom stereocenters. The monoisotopic (exact) mass is 184 g/mol. The molecular weight excluding hydrogens is 168 g/mol. The third-order valence-electron chi connectivity index (χ3n) is 2.61. The van der Waals surface area contributed by atoms with E-state index in [1.807, 2.05) is 6.92 Å². The molecule has 1 aliphatic heterocycles. The van der Waals surface area contributed by atoms with E-state index in [9.17, 15) is 9.59 Å². The van der Waals surface area contributed by atoms with Gasteiger partial charge < -0.3 is 9.80 Å². The SMILES string of the molecule is CC1CC(=O)N(C)CCC(=O)N1C. The van der Waals surface area contributed by atoms with Gasteiger partial charge in [0.1, 0.15) is 0 Å². The fourth-order valence-electron chi connectivity index (χ4n) is 1.36. The number of carbonyl (C=O) groups is 2. The quantitative estimate of drug-likeness (QED) is 0.535. The second kappa shape index (κ2) is 3.77. The summed E-state index contributed by atoms with van der Waals surface area (Å²) in [7, 11) is 3.50. The maximum Gasteiger partial charge on any atom is 0.224 e. The van der Waals surface area contributed by atoms with Crippen LogP contribution in [0.4, 0.5) is 0 Å². The van der Waals surface area contributed by atoms with Gasteiger partial charge in [-0.05, 0) is 6.92 Å². The predicted molar refractivity (Wildman–Crippen MR) is 49.1 cm³/mol. The summed E-state index contributed by atoms with van der Waals surface area (Å²) in [4.78, 5) is 26.1. The Kier molecular flexibility index (Phi) is 2.90. The lowest BCUT2D eigenvalue weighted by Gasteiger charge is -2.30. The van der Waals surface area contributed by atoms with Gasteiger partial charge in [-0.2, -0.15) is 0 Å². The van der Waals surface area contributed by atoms with Crippen molar-refractivity contribution >= 4 is 11.8 Å². The molecule has 1 fully saturated rings. The lowest BCUT2D eigenvalue weighted by atomic mass is 10.1. The van der Waals surface area contributed by atoms with Crippen LogP contribution in [0.1, 0.15) is 19.8 Å². The Balaban J connectivity index is 2.70. The van der Waals surface area contributed by atoms with Crippen LogP contribution < -0.4 is 0 Å². The molecule has 1 rings (SSSR count). The fourth-order valence-corrected chi connectivity index (χ4v) is 1.36. The van der Waals surface area contributed by atoms with Gasteiger partial charge in [0.2, 0.25) is 11.8 Å². The Morgan fingerprint density at radius 2 is 1.85 bits per heavy atom. The molecule has 0 radical (unpaired) electrons. The largest absolute Gasteiger partial charge is 0.345 e. The molecule has 0 aromatic carbocycles. The predicted octanol–water partition coefficient (Wildman–Crippen LogP) is 0.0855. The van der Waals surface area contributed by atoms with Crippen molar-refractivity contribution in [2.75, 3.05) is 20.6 Å². The number of amides is 2. The molecule has 1 saturated heterocycles. The molecule has 4 nitrogen and oxygen atoms in total. The molecule has 0 aliphatic carbocycles. The van der Waals surface area contributed by atoms with Crippen LogP contribution in [0.25, 0.3) is 0 Å². The molecule has 4 heteroatoms. The number of hydrogen-bond acceptors (Lipinski definition) is 2. The Hall–Kier alpha value is -1.06. The molecule has 74 valence electrons. The van der Waals surface area contributed by atoms with Crippen molar-refractivity contribution in [1.82, 2.24) is 9.80 Å². The zero-order valence-corrected chi connectivity index (χ0v) is 8.41. The number of rotatable bonds is 0. The maximum atomic E-state index is 11.4. The van der Waals surface area contributed by atoms with Gasteiger partial charge >= 0.3 is 0 Å². The first-order valence-electron chi connectivity index (χ1n) is 4.52. The van der Waals surface area contributed by atoms with Crippen LogP contribution in [-0.4, -0.2) is 48.3 Å². The first-order chi connectivity index (χ1) is 6.02. The minimum Gasteiger partial charge on any atom is -0.345 e. The van der Waals surface area contributed by atoms with Gasteiger partial charge in [0.05, 0.1) is 0 Å². The van der Waals surface area contributed by atoms with E-state index in [2.05, 4.69) is 0 Å². The van der Waals surface area contributed by atoms with E-state index in [1.165, 1.54) is 0 Å². The molecule has 0 N–H and O–H groups in total. The highest BCUT2D eigenvalue weighted by Gasteiger charge is 2.23. The van der Waals surface area contributed by atoms with Gasteiger partial charge in [-0.25, -0.2) is 0 Å². The molecule has 0 aromatic rings. The zero-order chi connectivity index (χ0) is 10.0. The number of nitrogens with zero attached hydrogens (tertiary/aromatic N) is 2. The average Bonchev–Trinajstić information content (AvgIpc) is 2.10. The van der Waals surface area contributed by atoms with E-state index in [1.54, 1.807) is 23.9 Å². The first kappa shape index (κ1) is 10.0. The molecule has 0 saturated carbocycles. The summed E-state index contributed by atoms with van der Waals surface area (Å²) in [5, 5.41) is 0. The van der Waals surface area contributed by atoms with Crippen molar-refractivity contribution < 1.29 is 9.59 Å². The minimum atomic E-state index is 0.0164. The number of carbonyl (C=O) groups excluding carboxylic acids is 2. The third-order valence-corrected chi connectivity index (χ3v) is 2.61. The summed E-state index contributed by atoms with van der Waals surface area (Å²) in [6.45, 7) is 2.43. The van der Waals surface area contributed by atoms with Crippen molar-refractivity contribution in [3.05, 3.63) is 0 Å². The smallest absolute Gasteiger partial charge is 0.224 e. The molecule has 0 spiro atoms. The Bertz CT molecular complexity index is 226. The van der Waals surface area contributed by atoms with Crippen LogP contribution >= 0.6 is 0 Å². The van der Waals surface area contributed by atoms with Crippen molar-refractivity contribution in [1.29, 1.82) is 0 Å². The van der Waals surface area contributed by atoms with Gasteiger partial charge in [0.25, 0.3) is 0 Å². The van der Waals surface area contributed by atoms with Crippen LogP contribution in [0, 0.1) is 0 Å². The highest BCUT2D eigenvalue weighted by molar-refractivity contribution is 5.82. The van der Waals surface area contributed by atoms with Crippen LogP contribution in [0.15, 0.2) is 0 Å². The van der Waals surface area contributed by atoms with Gasteiger partial charge in [-0.1, -0.05) is 0 Å². The summed E-state index contributed by atoms with van der Waals surface area (Å²) in [6, 6.07) is 0.0164. The van der Waals surface area contributed by atoms with Crippen molar-refractivity contribution in [2.24, 2.45) is 0 Å². The second-order valence-electron chi connectivity index (χ2n) is 3.62. The fraction of sp³-hybridized carbons (Fsp3) is 0.778. The van der Waals surface area contributed by atoms with Gasteiger partial charge in [-0.15, -0.1) is 0 Å². The topological polar surface area (TPSA) is 40.6 Å². The zero-order valence-electron chi connectivity index (χ0n) is 8.41. The van der Waals surface area contributed by atoms with Crippen molar-refractivity contribution in [3.8, 4) is 0 Å². The highest BCUT2D eigenvalue weighted by Crippen LogP contribution is 2.09. The molecule has 1 aliphatic rings. The third kappa shape index (κ3) is 2.20. The molecule has 2 amide bonds.